The van der Waals surface area contributed by atoms with Gasteiger partial charge < -0.3 is 0 Å². The molecule has 0 N–H and O–H groups in total. The molecule has 0 heteroatoms. The van der Waals surface area contributed by atoms with Gasteiger partial charge in [0.15, 0.2) is 0 Å². The van der Waals surface area contributed by atoms with Crippen LogP contribution < -0.4 is 0 Å². The lowest BCUT2D eigenvalue weighted by molar-refractivity contribution is 0.293. The molecule has 0 aliphatic heterocycles. The molecule has 3 aromatic carbocycles. The van der Waals surface area contributed by atoms with Crippen LogP contribution in [0.25, 0.3) is 0 Å². The second kappa shape index (κ2) is 7.12. The van der Waals surface area contributed by atoms with Gasteiger partial charge in [-0.2, -0.15) is 0 Å². The van der Waals surface area contributed by atoms with Gasteiger partial charge in [0.25, 0.3) is 0 Å². The first-order valence-corrected chi connectivity index (χ1v) is 11.6. The Balaban J connectivity index is 1.59. The summed E-state index contributed by atoms with van der Waals surface area (Å²) in [7, 11) is 0. The summed E-state index contributed by atoms with van der Waals surface area (Å²) in [5.74, 6) is 2.22. The Morgan fingerprint density at radius 1 is 0.667 bits per heavy atom. The highest BCUT2D eigenvalue weighted by Crippen LogP contribution is 2.64. The molecular formula is C30H34. The largest absolute Gasteiger partial charge is 0.0617 e. The minimum atomic E-state index is 0.172. The summed E-state index contributed by atoms with van der Waals surface area (Å²) in [6.07, 6.45) is 3.95. The Bertz CT molecular complexity index is 1100. The van der Waals surface area contributed by atoms with Crippen molar-refractivity contribution in [3.05, 3.63) is 105 Å². The maximum atomic E-state index is 2.49. The molecule has 0 nitrogen and oxygen atoms in total. The van der Waals surface area contributed by atoms with Crippen molar-refractivity contribution < 1.29 is 0 Å². The third kappa shape index (κ3) is 2.96. The van der Waals surface area contributed by atoms with Gasteiger partial charge in [0.1, 0.15) is 0 Å². The van der Waals surface area contributed by atoms with Crippen LogP contribution in [0.15, 0.2) is 60.7 Å². The first-order chi connectivity index (χ1) is 14.4. The van der Waals surface area contributed by atoms with Gasteiger partial charge in [-0.25, -0.2) is 0 Å². The number of rotatable bonds is 3. The lowest BCUT2D eigenvalue weighted by Gasteiger charge is -2.42. The lowest BCUT2D eigenvalue weighted by atomic mass is 9.61. The second-order valence-electron chi connectivity index (χ2n) is 10.2. The Labute approximate surface area is 182 Å². The highest BCUT2D eigenvalue weighted by atomic mass is 14.6. The van der Waals surface area contributed by atoms with Crippen molar-refractivity contribution in [2.75, 3.05) is 0 Å². The molecule has 0 aromatic heterocycles. The molecule has 2 fully saturated rings. The Morgan fingerprint density at radius 3 is 2.00 bits per heavy atom. The van der Waals surface area contributed by atoms with Crippen molar-refractivity contribution in [2.24, 2.45) is 11.8 Å². The molecule has 154 valence electrons. The zero-order chi connectivity index (χ0) is 21.0. The van der Waals surface area contributed by atoms with Crippen LogP contribution in [0.2, 0.25) is 0 Å². The van der Waals surface area contributed by atoms with Crippen molar-refractivity contribution in [3.8, 4) is 0 Å². The molecule has 0 saturated heterocycles. The van der Waals surface area contributed by atoms with E-state index in [4.69, 9.17) is 0 Å². The van der Waals surface area contributed by atoms with E-state index in [2.05, 4.69) is 95.3 Å². The van der Waals surface area contributed by atoms with Gasteiger partial charge in [-0.05, 0) is 111 Å². The number of fused-ring (bicyclic) bond motifs is 2. The van der Waals surface area contributed by atoms with E-state index in [0.717, 1.165) is 17.8 Å². The van der Waals surface area contributed by atoms with Gasteiger partial charge in [-0.3, -0.25) is 0 Å². The average molecular weight is 395 g/mol. The Hall–Kier alpha value is -2.34. The summed E-state index contributed by atoms with van der Waals surface area (Å²) >= 11 is 0. The number of hydrogen-bond acceptors (Lipinski definition) is 0. The van der Waals surface area contributed by atoms with Crippen molar-refractivity contribution in [3.63, 3.8) is 0 Å². The number of hydrogen-bond donors (Lipinski definition) is 0. The summed E-state index contributed by atoms with van der Waals surface area (Å²) in [5, 5.41) is 0. The summed E-state index contributed by atoms with van der Waals surface area (Å²) in [4.78, 5) is 0. The number of aryl methyl sites for hydroxylation is 5. The predicted octanol–water partition coefficient (Wildman–Crippen LogP) is 7.73. The molecule has 2 aliphatic carbocycles. The van der Waals surface area contributed by atoms with Gasteiger partial charge in [0.2, 0.25) is 0 Å². The van der Waals surface area contributed by atoms with E-state index < -0.39 is 0 Å². The van der Waals surface area contributed by atoms with E-state index in [1.165, 1.54) is 52.6 Å². The minimum Gasteiger partial charge on any atom is -0.0617 e. The van der Waals surface area contributed by atoms with Crippen LogP contribution in [-0.2, 0) is 5.41 Å². The monoisotopic (exact) mass is 394 g/mol. The summed E-state index contributed by atoms with van der Waals surface area (Å²) in [6.45, 7) is 11.2. The lowest BCUT2D eigenvalue weighted by Crippen LogP contribution is -2.36. The smallest absolute Gasteiger partial charge is 0.0234 e. The van der Waals surface area contributed by atoms with E-state index >= 15 is 0 Å². The van der Waals surface area contributed by atoms with Gasteiger partial charge in [-0.15, -0.1) is 0 Å². The van der Waals surface area contributed by atoms with Crippen LogP contribution in [-0.4, -0.2) is 0 Å². The molecule has 4 unspecified atom stereocenters. The maximum absolute atomic E-state index is 2.49. The van der Waals surface area contributed by atoms with Crippen LogP contribution in [0.3, 0.4) is 0 Å². The molecule has 2 bridgehead atoms. The molecule has 0 amide bonds. The van der Waals surface area contributed by atoms with E-state index in [-0.39, 0.29) is 5.41 Å². The fraction of sp³-hybridized carbons (Fsp3) is 0.400. The molecule has 4 atom stereocenters. The molecule has 0 radical (unpaired) electrons. The van der Waals surface area contributed by atoms with Gasteiger partial charge >= 0.3 is 0 Å². The van der Waals surface area contributed by atoms with E-state index in [9.17, 15) is 0 Å². The van der Waals surface area contributed by atoms with E-state index in [0.29, 0.717) is 0 Å². The van der Waals surface area contributed by atoms with E-state index in [1.54, 1.807) is 11.1 Å². The van der Waals surface area contributed by atoms with E-state index in [1.807, 2.05) is 0 Å². The van der Waals surface area contributed by atoms with Crippen LogP contribution in [0.1, 0.15) is 69.7 Å². The minimum absolute atomic E-state index is 0.172. The molecule has 3 aromatic rings. The standard InChI is InChI=1S/C30H34/c1-19-7-6-8-26(13-19)30(27-12-10-21(3)23(5)15-27)18-25-16-28(30)17-29(25)24-11-9-20(2)22(4)14-24/h6-15,25,28-29H,16-18H2,1-5H3. The predicted molar refractivity (Wildman–Crippen MR) is 127 cm³/mol. The first kappa shape index (κ1) is 19.6. The third-order valence-corrected chi connectivity index (χ3v) is 8.49. The normalized spacial score (nSPS) is 27.6. The molecule has 0 heterocycles. The maximum Gasteiger partial charge on any atom is 0.0234 e. The van der Waals surface area contributed by atoms with Gasteiger partial charge in [0, 0.05) is 5.41 Å². The highest BCUT2D eigenvalue weighted by Gasteiger charge is 2.56. The first-order valence-electron chi connectivity index (χ1n) is 11.6. The van der Waals surface area contributed by atoms with Crippen LogP contribution >= 0.6 is 0 Å². The zero-order valence-corrected chi connectivity index (χ0v) is 19.1. The fourth-order valence-corrected chi connectivity index (χ4v) is 6.55. The molecule has 2 saturated carbocycles. The Kier molecular flexibility index (Phi) is 4.65. The number of benzene rings is 3. The van der Waals surface area contributed by atoms with Crippen LogP contribution in [0.4, 0.5) is 0 Å². The van der Waals surface area contributed by atoms with Crippen LogP contribution in [0, 0.1) is 46.5 Å². The van der Waals surface area contributed by atoms with Gasteiger partial charge in [0.05, 0.1) is 0 Å². The third-order valence-electron chi connectivity index (χ3n) is 8.49. The Morgan fingerprint density at radius 2 is 1.37 bits per heavy atom. The average Bonchev–Trinajstić information content (AvgIpc) is 3.31. The summed E-state index contributed by atoms with van der Waals surface area (Å²) < 4.78 is 0. The quantitative estimate of drug-likeness (QED) is 0.426. The zero-order valence-electron chi connectivity index (χ0n) is 19.1. The van der Waals surface area contributed by atoms with Crippen molar-refractivity contribution in [2.45, 2.75) is 65.2 Å². The van der Waals surface area contributed by atoms with Crippen molar-refractivity contribution in [1.29, 1.82) is 0 Å². The highest BCUT2D eigenvalue weighted by molar-refractivity contribution is 5.48. The van der Waals surface area contributed by atoms with Crippen molar-refractivity contribution in [1.82, 2.24) is 0 Å². The molecule has 30 heavy (non-hydrogen) atoms. The molecule has 0 spiro atoms. The topological polar surface area (TPSA) is 0 Å². The SMILES string of the molecule is Cc1cccc(C2(c3ccc(C)c(C)c3)CC3CC2CC3c2ccc(C)c(C)c2)c1. The van der Waals surface area contributed by atoms with Crippen LogP contribution in [0.5, 0.6) is 0 Å². The molecule has 2 aliphatic rings. The fourth-order valence-electron chi connectivity index (χ4n) is 6.55. The molecule has 5 rings (SSSR count). The van der Waals surface area contributed by atoms with Gasteiger partial charge in [-0.1, -0.05) is 66.2 Å². The molecular weight excluding hydrogens is 360 g/mol. The summed E-state index contributed by atoms with van der Waals surface area (Å²) in [6, 6.07) is 23.8. The second-order valence-corrected chi connectivity index (χ2v) is 10.2. The van der Waals surface area contributed by atoms with Crippen molar-refractivity contribution >= 4 is 0 Å². The summed E-state index contributed by atoms with van der Waals surface area (Å²) in [5.41, 5.74) is 11.9.